The molecule has 7 heteroatoms. The van der Waals surface area contributed by atoms with Crippen LogP contribution in [0.15, 0.2) is 30.9 Å². The van der Waals surface area contributed by atoms with Crippen LogP contribution in [-0.2, 0) is 13.0 Å². The molecule has 3 rings (SSSR count). The lowest BCUT2D eigenvalue weighted by molar-refractivity contribution is 0.587. The van der Waals surface area contributed by atoms with Crippen LogP contribution < -0.4 is 5.73 Å². The summed E-state index contributed by atoms with van der Waals surface area (Å²) >= 11 is 2.17. The molecule has 0 spiro atoms. The van der Waals surface area contributed by atoms with Gasteiger partial charge in [0.15, 0.2) is 5.65 Å². The van der Waals surface area contributed by atoms with E-state index in [1.54, 1.807) is 6.20 Å². The second kappa shape index (κ2) is 5.70. The predicted octanol–water partition coefficient (Wildman–Crippen LogP) is 2.04. The third-order valence-corrected chi connectivity index (χ3v) is 3.83. The minimum absolute atomic E-state index is 0.484. The highest BCUT2D eigenvalue weighted by molar-refractivity contribution is 14.1. The maximum atomic E-state index is 5.87. The molecular formula is C13H13IN6. The number of hydrogen-bond donors (Lipinski definition) is 1. The molecule has 0 unspecified atom stereocenters. The first-order chi connectivity index (χ1) is 9.75. The molecule has 0 fully saturated rings. The van der Waals surface area contributed by atoms with Crippen molar-refractivity contribution in [3.63, 3.8) is 0 Å². The highest BCUT2D eigenvalue weighted by atomic mass is 127. The quantitative estimate of drug-likeness (QED) is 0.701. The number of aromatic nitrogens is 5. The number of aryl methyl sites for hydroxylation is 2. The van der Waals surface area contributed by atoms with Gasteiger partial charge in [-0.1, -0.05) is 6.07 Å². The van der Waals surface area contributed by atoms with E-state index < -0.39 is 0 Å². The fraction of sp³-hybridized carbons (Fsp3) is 0.231. The number of pyridine rings is 1. The zero-order valence-electron chi connectivity index (χ0n) is 10.7. The SMILES string of the molecule is Nc1ncnc2c1c(I)nn2CCCc1cccnc1. The average Bonchev–Trinajstić information content (AvgIpc) is 2.78. The lowest BCUT2D eigenvalue weighted by atomic mass is 10.1. The van der Waals surface area contributed by atoms with E-state index in [0.29, 0.717) is 5.82 Å². The van der Waals surface area contributed by atoms with Crippen molar-refractivity contribution >= 4 is 39.4 Å². The monoisotopic (exact) mass is 380 g/mol. The number of nitrogens with zero attached hydrogens (tertiary/aromatic N) is 5. The van der Waals surface area contributed by atoms with Crippen LogP contribution in [0.2, 0.25) is 0 Å². The third kappa shape index (κ3) is 2.58. The molecule has 0 atom stereocenters. The third-order valence-electron chi connectivity index (χ3n) is 3.07. The Labute approximate surface area is 129 Å². The van der Waals surface area contributed by atoms with E-state index in [2.05, 4.69) is 48.7 Å². The van der Waals surface area contributed by atoms with Crippen LogP contribution in [0.4, 0.5) is 5.82 Å². The van der Waals surface area contributed by atoms with E-state index in [1.165, 1.54) is 11.9 Å². The van der Waals surface area contributed by atoms with Gasteiger partial charge in [-0.25, -0.2) is 14.6 Å². The number of anilines is 1. The molecule has 3 heterocycles. The zero-order valence-corrected chi connectivity index (χ0v) is 12.9. The molecule has 0 aromatic carbocycles. The number of fused-ring (bicyclic) bond motifs is 1. The molecule has 0 saturated carbocycles. The summed E-state index contributed by atoms with van der Waals surface area (Å²) in [6.45, 7) is 0.796. The van der Waals surface area contributed by atoms with Crippen LogP contribution in [0.25, 0.3) is 11.0 Å². The Morgan fingerprint density at radius 1 is 1.30 bits per heavy atom. The number of rotatable bonds is 4. The summed E-state index contributed by atoms with van der Waals surface area (Å²) in [5.74, 6) is 0.484. The van der Waals surface area contributed by atoms with Gasteiger partial charge in [0.05, 0.1) is 5.39 Å². The number of nitrogens with two attached hydrogens (primary N) is 1. The van der Waals surface area contributed by atoms with E-state index in [9.17, 15) is 0 Å². The summed E-state index contributed by atoms with van der Waals surface area (Å²) in [5, 5.41) is 5.33. The first kappa shape index (κ1) is 13.2. The molecule has 0 aliphatic rings. The molecule has 0 aliphatic heterocycles. The highest BCUT2D eigenvalue weighted by Gasteiger charge is 2.12. The Kier molecular flexibility index (Phi) is 3.77. The van der Waals surface area contributed by atoms with Gasteiger partial charge in [0, 0.05) is 18.9 Å². The molecule has 20 heavy (non-hydrogen) atoms. The Morgan fingerprint density at radius 3 is 3.00 bits per heavy atom. The van der Waals surface area contributed by atoms with Crippen LogP contribution in [-0.4, -0.2) is 24.7 Å². The summed E-state index contributed by atoms with van der Waals surface area (Å²) in [4.78, 5) is 12.4. The topological polar surface area (TPSA) is 82.5 Å². The van der Waals surface area contributed by atoms with E-state index in [1.807, 2.05) is 16.9 Å². The smallest absolute Gasteiger partial charge is 0.164 e. The van der Waals surface area contributed by atoms with Gasteiger partial charge >= 0.3 is 0 Å². The maximum absolute atomic E-state index is 5.87. The van der Waals surface area contributed by atoms with Crippen molar-refractivity contribution in [1.29, 1.82) is 0 Å². The molecule has 0 aliphatic carbocycles. The summed E-state index contributed by atoms with van der Waals surface area (Å²) < 4.78 is 2.74. The molecule has 2 N–H and O–H groups in total. The number of hydrogen-bond acceptors (Lipinski definition) is 5. The fourth-order valence-corrected chi connectivity index (χ4v) is 2.90. The summed E-state index contributed by atoms with van der Waals surface area (Å²) in [5.41, 5.74) is 7.90. The van der Waals surface area contributed by atoms with E-state index in [0.717, 1.165) is 34.1 Å². The van der Waals surface area contributed by atoms with Gasteiger partial charge in [-0.3, -0.25) is 4.98 Å². The molecular weight excluding hydrogens is 367 g/mol. The Bertz CT molecular complexity index is 724. The molecule has 0 radical (unpaired) electrons. The molecule has 3 aromatic heterocycles. The normalized spacial score (nSPS) is 11.1. The first-order valence-electron chi connectivity index (χ1n) is 6.27. The predicted molar refractivity (Wildman–Crippen MR) is 85.0 cm³/mol. The lowest BCUT2D eigenvalue weighted by Crippen LogP contribution is -2.03. The first-order valence-corrected chi connectivity index (χ1v) is 7.35. The van der Waals surface area contributed by atoms with Crippen LogP contribution in [0, 0.1) is 3.70 Å². The van der Waals surface area contributed by atoms with Gasteiger partial charge < -0.3 is 5.73 Å². The number of halogens is 1. The highest BCUT2D eigenvalue weighted by Crippen LogP contribution is 2.22. The number of nitrogen functional groups attached to an aromatic ring is 1. The standard InChI is InChI=1S/C13H13IN6/c14-11-10-12(15)17-8-18-13(10)20(19-11)6-2-4-9-3-1-5-16-7-9/h1,3,5,7-8H,2,4,6H2,(H2,15,17,18). The van der Waals surface area contributed by atoms with Crippen molar-refractivity contribution in [3.05, 3.63) is 40.1 Å². The van der Waals surface area contributed by atoms with Crippen molar-refractivity contribution < 1.29 is 0 Å². The molecule has 6 nitrogen and oxygen atoms in total. The zero-order chi connectivity index (χ0) is 13.9. The van der Waals surface area contributed by atoms with Crippen LogP contribution in [0.5, 0.6) is 0 Å². The van der Waals surface area contributed by atoms with Crippen LogP contribution in [0.1, 0.15) is 12.0 Å². The Hall–Kier alpha value is -1.77. The van der Waals surface area contributed by atoms with E-state index in [-0.39, 0.29) is 0 Å². The van der Waals surface area contributed by atoms with Gasteiger partial charge in [-0.15, -0.1) is 0 Å². The van der Waals surface area contributed by atoms with Crippen molar-refractivity contribution in [2.75, 3.05) is 5.73 Å². The van der Waals surface area contributed by atoms with Crippen molar-refractivity contribution in [2.45, 2.75) is 19.4 Å². The van der Waals surface area contributed by atoms with Crippen LogP contribution >= 0.6 is 22.6 Å². The Balaban J connectivity index is 1.77. The van der Waals surface area contributed by atoms with Crippen molar-refractivity contribution in [2.24, 2.45) is 0 Å². The van der Waals surface area contributed by atoms with E-state index in [4.69, 9.17) is 5.73 Å². The summed E-state index contributed by atoms with van der Waals surface area (Å²) in [6.07, 6.45) is 7.10. The summed E-state index contributed by atoms with van der Waals surface area (Å²) in [7, 11) is 0. The maximum Gasteiger partial charge on any atom is 0.164 e. The average molecular weight is 380 g/mol. The van der Waals surface area contributed by atoms with Crippen LogP contribution in [0.3, 0.4) is 0 Å². The Morgan fingerprint density at radius 2 is 2.20 bits per heavy atom. The van der Waals surface area contributed by atoms with Gasteiger partial charge in [0.25, 0.3) is 0 Å². The van der Waals surface area contributed by atoms with Crippen molar-refractivity contribution in [3.8, 4) is 0 Å². The molecule has 3 aromatic rings. The molecule has 0 amide bonds. The summed E-state index contributed by atoms with van der Waals surface area (Å²) in [6, 6.07) is 4.04. The molecule has 0 bridgehead atoms. The minimum Gasteiger partial charge on any atom is -0.383 e. The second-order valence-corrected chi connectivity index (χ2v) is 5.46. The van der Waals surface area contributed by atoms with Crippen molar-refractivity contribution in [1.82, 2.24) is 24.7 Å². The van der Waals surface area contributed by atoms with E-state index >= 15 is 0 Å². The van der Waals surface area contributed by atoms with Gasteiger partial charge in [0.1, 0.15) is 15.8 Å². The fourth-order valence-electron chi connectivity index (χ4n) is 2.12. The second-order valence-electron chi connectivity index (χ2n) is 4.44. The largest absolute Gasteiger partial charge is 0.383 e. The molecule has 102 valence electrons. The molecule has 0 saturated heterocycles. The lowest BCUT2D eigenvalue weighted by Gasteiger charge is -2.03. The van der Waals surface area contributed by atoms with Gasteiger partial charge in [-0.2, -0.15) is 5.10 Å². The van der Waals surface area contributed by atoms with Gasteiger partial charge in [-0.05, 0) is 47.1 Å². The minimum atomic E-state index is 0.484. The van der Waals surface area contributed by atoms with Gasteiger partial charge in [0.2, 0.25) is 0 Å².